The molecule has 3 N–H and O–H groups in total. The van der Waals surface area contributed by atoms with Crippen LogP contribution in [-0.4, -0.2) is 64.2 Å². The van der Waals surface area contributed by atoms with Crippen LogP contribution < -0.4 is 20.5 Å². The minimum atomic E-state index is -1.20. The zero-order valence-electron chi connectivity index (χ0n) is 26.6. The average Bonchev–Trinajstić information content (AvgIpc) is 2.94. The second kappa shape index (κ2) is 12.0. The first-order valence-electron chi connectivity index (χ1n) is 16.2. The number of benzene rings is 2. The zero-order valence-corrected chi connectivity index (χ0v) is 26.6. The van der Waals surface area contributed by atoms with E-state index in [0.29, 0.717) is 23.4 Å². The van der Waals surface area contributed by atoms with Crippen LogP contribution in [-0.2, 0) is 11.2 Å². The van der Waals surface area contributed by atoms with Crippen molar-refractivity contribution in [2.75, 3.05) is 18.5 Å². The van der Waals surface area contributed by atoms with Crippen molar-refractivity contribution in [2.24, 2.45) is 5.73 Å². The molecule has 0 bridgehead atoms. The summed E-state index contributed by atoms with van der Waals surface area (Å²) < 4.78 is 42.5. The van der Waals surface area contributed by atoms with E-state index in [1.54, 1.807) is 12.2 Å². The SMILES string of the molecule is CCCN(C(C)(C)C)[C@]1(N(C2CCC2)C2CCC2)Cc2c(C(N)=O)ccc(F)c2O[C@H]1C(=O)Nc1ccc(F)c2c1C=CCO2. The fourth-order valence-electron chi connectivity index (χ4n) is 7.65. The van der Waals surface area contributed by atoms with Crippen molar-refractivity contribution in [1.29, 1.82) is 0 Å². The van der Waals surface area contributed by atoms with E-state index in [1.807, 2.05) is 0 Å². The van der Waals surface area contributed by atoms with E-state index in [2.05, 4.69) is 42.8 Å². The summed E-state index contributed by atoms with van der Waals surface area (Å²) in [5, 5.41) is 3.03. The van der Waals surface area contributed by atoms with E-state index in [9.17, 15) is 14.0 Å². The monoisotopic (exact) mass is 622 g/mol. The van der Waals surface area contributed by atoms with Crippen LogP contribution in [0.15, 0.2) is 30.3 Å². The highest BCUT2D eigenvalue weighted by molar-refractivity contribution is 5.99. The molecule has 0 unspecified atom stereocenters. The number of primary amides is 1. The lowest BCUT2D eigenvalue weighted by Crippen LogP contribution is -2.80. The second-order valence-corrected chi connectivity index (χ2v) is 13.8. The van der Waals surface area contributed by atoms with Crippen LogP contribution in [0.2, 0.25) is 0 Å². The van der Waals surface area contributed by atoms with E-state index >= 15 is 4.39 Å². The van der Waals surface area contributed by atoms with Crippen LogP contribution in [0.3, 0.4) is 0 Å². The van der Waals surface area contributed by atoms with Gasteiger partial charge in [0.05, 0.1) is 5.69 Å². The highest BCUT2D eigenvalue weighted by atomic mass is 19.1. The summed E-state index contributed by atoms with van der Waals surface area (Å²) in [6.07, 6.45) is 9.31. The van der Waals surface area contributed by atoms with Gasteiger partial charge in [-0.05, 0) is 89.3 Å². The molecule has 2 aliphatic heterocycles. The summed E-state index contributed by atoms with van der Waals surface area (Å²) in [5.41, 5.74) is 5.70. The molecule has 10 heteroatoms. The number of carbonyl (C=O) groups excluding carboxylic acids is 2. The first-order valence-corrected chi connectivity index (χ1v) is 16.2. The van der Waals surface area contributed by atoms with Crippen molar-refractivity contribution < 1.29 is 27.8 Å². The highest BCUT2D eigenvalue weighted by Crippen LogP contribution is 2.50. The minimum absolute atomic E-state index is 0.0708. The summed E-state index contributed by atoms with van der Waals surface area (Å²) in [7, 11) is 0. The Bertz CT molecular complexity index is 1500. The molecule has 2 aliphatic carbocycles. The molecule has 2 aromatic carbocycles. The largest absolute Gasteiger partial charge is 0.486 e. The normalized spacial score (nSPS) is 23.0. The lowest BCUT2D eigenvalue weighted by atomic mass is 9.75. The van der Waals surface area contributed by atoms with Gasteiger partial charge in [-0.25, -0.2) is 8.78 Å². The molecule has 0 spiro atoms. The average molecular weight is 623 g/mol. The number of rotatable bonds is 9. The van der Waals surface area contributed by atoms with E-state index in [-0.39, 0.29) is 42.2 Å². The third kappa shape index (κ3) is 5.39. The van der Waals surface area contributed by atoms with Gasteiger partial charge in [0.2, 0.25) is 12.0 Å². The topological polar surface area (TPSA) is 97.1 Å². The number of ether oxygens (including phenoxy) is 2. The third-order valence-electron chi connectivity index (χ3n) is 9.93. The van der Waals surface area contributed by atoms with Gasteiger partial charge in [-0.3, -0.25) is 19.4 Å². The number of hydrogen-bond acceptors (Lipinski definition) is 6. The number of amides is 2. The molecule has 242 valence electrons. The minimum Gasteiger partial charge on any atom is -0.486 e. The number of anilines is 1. The standard InChI is InChI=1S/C35H44F2N4O4/c1-5-18-40(34(2,3)4)35(41(21-9-6-10-21)22-11-7-12-22)20-25-23(32(38)42)14-15-27(37)30(25)45-31(35)33(43)39-28-17-16-26(36)29-24(28)13-8-19-44-29/h8,13-17,21-22,31H,5-7,9-12,18-20H2,1-4H3,(H2,38,42)(H,39,43)/t31-,35-/m0/s1. The third-order valence-corrected chi connectivity index (χ3v) is 9.93. The molecule has 4 aliphatic rings. The first kappa shape index (κ1) is 31.5. The molecule has 2 atom stereocenters. The maximum Gasteiger partial charge on any atom is 0.268 e. The number of nitrogens with zero attached hydrogens (tertiary/aromatic N) is 2. The Balaban J connectivity index is 1.58. The Morgan fingerprint density at radius 2 is 1.67 bits per heavy atom. The van der Waals surface area contributed by atoms with Gasteiger partial charge in [-0.1, -0.05) is 19.8 Å². The molecule has 2 amide bonds. The number of fused-ring (bicyclic) bond motifs is 2. The van der Waals surface area contributed by atoms with Crippen molar-refractivity contribution in [3.05, 3.63) is 58.7 Å². The predicted octanol–water partition coefficient (Wildman–Crippen LogP) is 6.03. The molecule has 0 radical (unpaired) electrons. The Labute approximate surface area is 263 Å². The number of hydrogen-bond donors (Lipinski definition) is 2. The van der Waals surface area contributed by atoms with Crippen molar-refractivity contribution in [3.63, 3.8) is 0 Å². The van der Waals surface area contributed by atoms with Crippen molar-refractivity contribution in [3.8, 4) is 11.5 Å². The molecular weight excluding hydrogens is 578 g/mol. The van der Waals surface area contributed by atoms with Crippen molar-refractivity contribution in [1.82, 2.24) is 9.80 Å². The summed E-state index contributed by atoms with van der Waals surface area (Å²) in [4.78, 5) is 32.4. The van der Waals surface area contributed by atoms with Gasteiger partial charge >= 0.3 is 0 Å². The highest BCUT2D eigenvalue weighted by Gasteiger charge is 2.62. The molecule has 2 heterocycles. The van der Waals surface area contributed by atoms with Gasteiger partial charge in [-0.15, -0.1) is 0 Å². The number of halogens is 2. The van der Waals surface area contributed by atoms with Gasteiger partial charge in [-0.2, -0.15) is 0 Å². The second-order valence-electron chi connectivity index (χ2n) is 13.8. The van der Waals surface area contributed by atoms with Crippen molar-refractivity contribution in [2.45, 2.75) is 108 Å². The molecule has 2 saturated carbocycles. The fourth-order valence-corrected chi connectivity index (χ4v) is 7.65. The number of nitrogens with one attached hydrogen (secondary N) is 1. The van der Waals surface area contributed by atoms with E-state index in [1.165, 1.54) is 24.3 Å². The molecule has 45 heavy (non-hydrogen) atoms. The van der Waals surface area contributed by atoms with Crippen LogP contribution in [0.1, 0.15) is 94.1 Å². The quantitative estimate of drug-likeness (QED) is 0.332. The number of carbonyl (C=O) groups is 2. The molecule has 0 saturated heterocycles. The maximum absolute atomic E-state index is 15.7. The fraction of sp³-hybridized carbons (Fsp3) is 0.543. The number of nitrogens with two attached hydrogens (primary N) is 1. The first-order chi connectivity index (χ1) is 21.5. The maximum atomic E-state index is 15.7. The van der Waals surface area contributed by atoms with Crippen molar-refractivity contribution >= 4 is 23.6 Å². The smallest absolute Gasteiger partial charge is 0.268 e. The Morgan fingerprint density at radius 1 is 1.02 bits per heavy atom. The van der Waals surface area contributed by atoms with Crippen LogP contribution in [0, 0.1) is 11.6 Å². The predicted molar refractivity (Wildman–Crippen MR) is 169 cm³/mol. The molecule has 8 nitrogen and oxygen atoms in total. The Hall–Kier alpha value is -3.50. The van der Waals surface area contributed by atoms with Gasteiger partial charge < -0.3 is 20.5 Å². The van der Waals surface area contributed by atoms with E-state index in [0.717, 1.165) is 44.9 Å². The van der Waals surface area contributed by atoms with Crippen LogP contribution in [0.5, 0.6) is 11.5 Å². The van der Waals surface area contributed by atoms with Gasteiger partial charge in [0, 0.05) is 47.3 Å². The Kier molecular flexibility index (Phi) is 8.41. The zero-order chi connectivity index (χ0) is 32.1. The van der Waals surface area contributed by atoms with Crippen LogP contribution >= 0.6 is 0 Å². The molecule has 2 aromatic rings. The lowest BCUT2D eigenvalue weighted by molar-refractivity contribution is -0.209. The summed E-state index contributed by atoms with van der Waals surface area (Å²) in [6.45, 7) is 9.31. The van der Waals surface area contributed by atoms with Crippen LogP contribution in [0.4, 0.5) is 14.5 Å². The lowest BCUT2D eigenvalue weighted by Gasteiger charge is -2.65. The molecule has 0 aromatic heterocycles. The Morgan fingerprint density at radius 3 is 2.24 bits per heavy atom. The van der Waals surface area contributed by atoms with Gasteiger partial charge in [0.1, 0.15) is 12.3 Å². The molecule has 6 rings (SSSR count). The molecule has 2 fully saturated rings. The van der Waals surface area contributed by atoms with Crippen LogP contribution in [0.25, 0.3) is 6.08 Å². The van der Waals surface area contributed by atoms with E-state index < -0.39 is 40.8 Å². The summed E-state index contributed by atoms with van der Waals surface area (Å²) in [5.74, 6) is -2.39. The summed E-state index contributed by atoms with van der Waals surface area (Å²) in [6, 6.07) is 5.75. The molecular formula is C35H44F2N4O4. The van der Waals surface area contributed by atoms with Gasteiger partial charge in [0.25, 0.3) is 5.91 Å². The summed E-state index contributed by atoms with van der Waals surface area (Å²) >= 11 is 0. The van der Waals surface area contributed by atoms with Gasteiger partial charge in [0.15, 0.2) is 23.1 Å². The van der Waals surface area contributed by atoms with E-state index in [4.69, 9.17) is 15.2 Å².